The lowest BCUT2D eigenvalue weighted by atomic mass is 9.66. The van der Waals surface area contributed by atoms with Crippen molar-refractivity contribution in [2.24, 2.45) is 5.41 Å². The molecule has 124 valence electrons. The van der Waals surface area contributed by atoms with Gasteiger partial charge in [-0.25, -0.2) is 0 Å². The number of nitrogens with zero attached hydrogens (tertiary/aromatic N) is 1. The van der Waals surface area contributed by atoms with Crippen molar-refractivity contribution in [2.45, 2.75) is 44.4 Å². The summed E-state index contributed by atoms with van der Waals surface area (Å²) in [5.74, 6) is -0.311. The Hall–Kier alpha value is -1.36. The van der Waals surface area contributed by atoms with Gasteiger partial charge < -0.3 is 10.0 Å². The Labute approximate surface area is 145 Å². The Morgan fingerprint density at radius 1 is 1.26 bits per heavy atom. The van der Waals surface area contributed by atoms with Crippen LogP contribution in [0.15, 0.2) is 28.7 Å². The van der Waals surface area contributed by atoms with Crippen molar-refractivity contribution in [1.29, 1.82) is 0 Å². The summed E-state index contributed by atoms with van der Waals surface area (Å²) in [4.78, 5) is 25.7. The number of carbonyl (C=O) groups excluding carboxylic acids is 1. The van der Waals surface area contributed by atoms with E-state index >= 15 is 0 Å². The zero-order chi connectivity index (χ0) is 16.4. The molecule has 2 aliphatic rings. The molecule has 1 aromatic carbocycles. The maximum atomic E-state index is 12.5. The fraction of sp³-hybridized carbons (Fsp3) is 0.556. The van der Waals surface area contributed by atoms with Gasteiger partial charge in [-0.1, -0.05) is 34.5 Å². The molecule has 0 bridgehead atoms. The van der Waals surface area contributed by atoms with E-state index in [4.69, 9.17) is 0 Å². The van der Waals surface area contributed by atoms with E-state index < -0.39 is 11.4 Å². The summed E-state index contributed by atoms with van der Waals surface area (Å²) >= 11 is 3.50. The summed E-state index contributed by atoms with van der Waals surface area (Å²) in [5.41, 5.74) is 0.533. The van der Waals surface area contributed by atoms with Crippen molar-refractivity contribution in [3.63, 3.8) is 0 Å². The number of amides is 1. The number of carbonyl (C=O) groups is 2. The monoisotopic (exact) mass is 379 g/mol. The first kappa shape index (κ1) is 16.5. The van der Waals surface area contributed by atoms with E-state index in [2.05, 4.69) is 28.1 Å². The molecular weight excluding hydrogens is 358 g/mol. The number of aliphatic carboxylic acids is 1. The first-order chi connectivity index (χ1) is 11.0. The highest BCUT2D eigenvalue weighted by Gasteiger charge is 2.46. The fourth-order valence-corrected chi connectivity index (χ4v) is 4.11. The second-order valence-electron chi connectivity index (χ2n) is 6.83. The predicted molar refractivity (Wildman–Crippen MR) is 91.2 cm³/mol. The minimum atomic E-state index is -0.805. The molecular formula is C18H22BrNO3. The van der Waals surface area contributed by atoms with Crippen LogP contribution in [0.2, 0.25) is 0 Å². The van der Waals surface area contributed by atoms with E-state index in [0.717, 1.165) is 36.8 Å². The Morgan fingerprint density at radius 3 is 2.48 bits per heavy atom. The maximum Gasteiger partial charge on any atom is 0.310 e. The second-order valence-corrected chi connectivity index (χ2v) is 7.74. The van der Waals surface area contributed by atoms with E-state index in [1.165, 1.54) is 5.56 Å². The number of hydrogen-bond acceptors (Lipinski definition) is 2. The largest absolute Gasteiger partial charge is 0.481 e. The third kappa shape index (κ3) is 3.44. The summed E-state index contributed by atoms with van der Waals surface area (Å²) in [6.07, 6.45) is 4.27. The zero-order valence-electron chi connectivity index (χ0n) is 13.1. The van der Waals surface area contributed by atoms with Gasteiger partial charge in [-0.05, 0) is 49.3 Å². The van der Waals surface area contributed by atoms with E-state index in [1.54, 1.807) is 0 Å². The number of likely N-dealkylation sites (tertiary alicyclic amines) is 1. The fourth-order valence-electron chi connectivity index (χ4n) is 3.69. The van der Waals surface area contributed by atoms with Crippen molar-refractivity contribution in [3.8, 4) is 0 Å². The van der Waals surface area contributed by atoms with Gasteiger partial charge in [0, 0.05) is 24.0 Å². The smallest absolute Gasteiger partial charge is 0.310 e. The van der Waals surface area contributed by atoms with Crippen LogP contribution in [0.1, 0.15) is 50.0 Å². The van der Waals surface area contributed by atoms with E-state index in [0.29, 0.717) is 18.8 Å². The lowest BCUT2D eigenvalue weighted by Crippen LogP contribution is -2.45. The summed E-state index contributed by atoms with van der Waals surface area (Å²) in [7, 11) is 0. The van der Waals surface area contributed by atoms with Gasteiger partial charge in [0.15, 0.2) is 0 Å². The van der Waals surface area contributed by atoms with Crippen LogP contribution >= 0.6 is 15.9 Å². The molecule has 0 unspecified atom stereocenters. The van der Waals surface area contributed by atoms with Crippen molar-refractivity contribution in [2.75, 3.05) is 13.1 Å². The van der Waals surface area contributed by atoms with Crippen molar-refractivity contribution < 1.29 is 14.7 Å². The van der Waals surface area contributed by atoms with Crippen molar-refractivity contribution >= 4 is 27.8 Å². The molecule has 0 spiro atoms. The molecule has 4 nitrogen and oxygen atoms in total. The molecule has 0 atom stereocenters. The lowest BCUT2D eigenvalue weighted by molar-refractivity contribution is -0.159. The minimum Gasteiger partial charge on any atom is -0.481 e. The molecule has 1 N–H and O–H groups in total. The minimum absolute atomic E-state index is 0.0137. The van der Waals surface area contributed by atoms with Gasteiger partial charge in [0.2, 0.25) is 5.91 Å². The average Bonchev–Trinajstić information content (AvgIpc) is 2.50. The third-order valence-electron chi connectivity index (χ3n) is 5.42. The van der Waals surface area contributed by atoms with Gasteiger partial charge in [0.1, 0.15) is 0 Å². The Kier molecular flexibility index (Phi) is 4.76. The van der Waals surface area contributed by atoms with Crippen LogP contribution in [-0.4, -0.2) is 35.0 Å². The number of halogens is 1. The van der Waals surface area contributed by atoms with Crippen LogP contribution in [0, 0.1) is 5.41 Å². The molecule has 2 fully saturated rings. The highest BCUT2D eigenvalue weighted by Crippen LogP contribution is 2.44. The van der Waals surface area contributed by atoms with Crippen molar-refractivity contribution in [3.05, 3.63) is 34.3 Å². The first-order valence-electron chi connectivity index (χ1n) is 8.27. The molecule has 23 heavy (non-hydrogen) atoms. The quantitative estimate of drug-likeness (QED) is 0.865. The van der Waals surface area contributed by atoms with Gasteiger partial charge in [-0.3, -0.25) is 9.59 Å². The summed E-state index contributed by atoms with van der Waals surface area (Å²) in [5, 5.41) is 9.37. The normalized spacial score (nSPS) is 20.8. The molecule has 1 aliphatic heterocycles. The molecule has 3 rings (SSSR count). The van der Waals surface area contributed by atoms with Gasteiger partial charge in [0.25, 0.3) is 0 Å². The molecule has 1 saturated carbocycles. The highest BCUT2D eigenvalue weighted by molar-refractivity contribution is 9.10. The summed E-state index contributed by atoms with van der Waals surface area (Å²) < 4.78 is 1.09. The molecule has 1 saturated heterocycles. The molecule has 0 radical (unpaired) electrons. The van der Waals surface area contributed by atoms with Crippen LogP contribution in [0.25, 0.3) is 0 Å². The maximum absolute atomic E-state index is 12.5. The number of piperidine rings is 1. The van der Waals surface area contributed by atoms with Crippen LogP contribution in [0.4, 0.5) is 0 Å². The number of benzene rings is 1. The van der Waals surface area contributed by atoms with Gasteiger partial charge in [-0.15, -0.1) is 0 Å². The second kappa shape index (κ2) is 6.63. The number of carboxylic acid groups (broad SMARTS) is 1. The van der Waals surface area contributed by atoms with Gasteiger partial charge in [0.05, 0.1) is 5.41 Å². The Balaban J connectivity index is 1.56. The summed E-state index contributed by atoms with van der Waals surface area (Å²) in [6.45, 7) is 1.46. The van der Waals surface area contributed by atoms with E-state index in [1.807, 2.05) is 17.0 Å². The number of hydrogen-bond donors (Lipinski definition) is 1. The van der Waals surface area contributed by atoms with Gasteiger partial charge >= 0.3 is 5.97 Å². The first-order valence-corrected chi connectivity index (χ1v) is 9.06. The molecule has 1 aliphatic carbocycles. The third-order valence-corrected chi connectivity index (χ3v) is 5.91. The standard InChI is InChI=1S/C18H22BrNO3/c19-15-4-1-3-14(11-15)13-5-9-20(10-6-13)16(21)12-18(17(22)23)7-2-8-18/h1,3-4,11,13H,2,5-10,12H2,(H,22,23). The molecule has 1 aromatic rings. The van der Waals surface area contributed by atoms with E-state index in [-0.39, 0.29) is 12.3 Å². The van der Waals surface area contributed by atoms with Crippen molar-refractivity contribution in [1.82, 2.24) is 4.90 Å². The highest BCUT2D eigenvalue weighted by atomic mass is 79.9. The topological polar surface area (TPSA) is 57.6 Å². The molecule has 0 aromatic heterocycles. The predicted octanol–water partition coefficient (Wildman–Crippen LogP) is 3.80. The molecule has 5 heteroatoms. The summed E-state index contributed by atoms with van der Waals surface area (Å²) in [6, 6.07) is 8.35. The average molecular weight is 380 g/mol. The zero-order valence-corrected chi connectivity index (χ0v) is 14.7. The van der Waals surface area contributed by atoms with Gasteiger partial charge in [-0.2, -0.15) is 0 Å². The Morgan fingerprint density at radius 2 is 1.96 bits per heavy atom. The SMILES string of the molecule is O=C(CC1(C(=O)O)CCC1)N1CCC(c2cccc(Br)c2)CC1. The van der Waals surface area contributed by atoms with Crippen LogP contribution < -0.4 is 0 Å². The number of carboxylic acids is 1. The van der Waals surface area contributed by atoms with Crippen LogP contribution in [0.5, 0.6) is 0 Å². The Bertz CT molecular complexity index is 604. The molecule has 1 heterocycles. The van der Waals surface area contributed by atoms with E-state index in [9.17, 15) is 14.7 Å². The van der Waals surface area contributed by atoms with Crippen LogP contribution in [-0.2, 0) is 9.59 Å². The van der Waals surface area contributed by atoms with Crippen LogP contribution in [0.3, 0.4) is 0 Å². The number of rotatable bonds is 4. The lowest BCUT2D eigenvalue weighted by Gasteiger charge is -2.40. The molecule has 1 amide bonds.